The Hall–Kier alpha value is -0.540. The summed E-state index contributed by atoms with van der Waals surface area (Å²) in [7, 11) is 0. The number of hydrogen-bond donors (Lipinski definition) is 1. The van der Waals surface area contributed by atoms with Crippen molar-refractivity contribution in [3.63, 3.8) is 0 Å². The quantitative estimate of drug-likeness (QED) is 0.893. The number of nitrogens with one attached hydrogen (secondary N) is 1. The molecule has 1 N–H and O–H groups in total. The summed E-state index contributed by atoms with van der Waals surface area (Å²) in [6.07, 6.45) is 10.1. The van der Waals surface area contributed by atoms with Crippen molar-refractivity contribution in [2.45, 2.75) is 61.8 Å². The first-order valence-corrected chi connectivity index (χ1v) is 8.09. The van der Waals surface area contributed by atoms with Crippen molar-refractivity contribution >= 4 is 11.8 Å². The minimum Gasteiger partial charge on any atom is -0.313 e. The topological polar surface area (TPSA) is 24.9 Å². The van der Waals surface area contributed by atoms with E-state index in [0.29, 0.717) is 11.3 Å². The molecule has 1 fully saturated rings. The highest BCUT2D eigenvalue weighted by Gasteiger charge is 2.23. The average molecular weight is 264 g/mol. The van der Waals surface area contributed by atoms with Gasteiger partial charge in [-0.1, -0.05) is 38.7 Å². The molecule has 1 aliphatic rings. The van der Waals surface area contributed by atoms with Gasteiger partial charge in [0.1, 0.15) is 0 Å². The number of pyridine rings is 1. The van der Waals surface area contributed by atoms with Gasteiger partial charge in [0, 0.05) is 17.5 Å². The molecule has 0 amide bonds. The zero-order valence-electron chi connectivity index (χ0n) is 11.3. The highest BCUT2D eigenvalue weighted by molar-refractivity contribution is 7.99. The Bertz CT molecular complexity index is 329. The zero-order chi connectivity index (χ0) is 12.6. The Morgan fingerprint density at radius 3 is 2.78 bits per heavy atom. The van der Waals surface area contributed by atoms with Crippen molar-refractivity contribution in [2.75, 3.05) is 6.54 Å². The van der Waals surface area contributed by atoms with Gasteiger partial charge in [0.05, 0.1) is 5.03 Å². The normalized spacial score (nSPS) is 25.4. The number of rotatable bonds is 4. The fourth-order valence-corrected chi connectivity index (χ4v) is 3.93. The maximum Gasteiger partial charge on any atom is 0.0963 e. The van der Waals surface area contributed by atoms with Gasteiger partial charge in [-0.15, -0.1) is 11.8 Å². The van der Waals surface area contributed by atoms with E-state index in [1.165, 1.54) is 43.6 Å². The molecule has 0 aromatic carbocycles. The third-order valence-electron chi connectivity index (χ3n) is 3.58. The largest absolute Gasteiger partial charge is 0.313 e. The average Bonchev–Trinajstić information content (AvgIpc) is 2.38. The Morgan fingerprint density at radius 2 is 2.06 bits per heavy atom. The molecule has 0 radical (unpaired) electrons. The number of aromatic nitrogens is 1. The first-order chi connectivity index (χ1) is 8.90. The van der Waals surface area contributed by atoms with E-state index in [9.17, 15) is 0 Å². The molecule has 2 nitrogen and oxygen atoms in total. The van der Waals surface area contributed by atoms with Crippen molar-refractivity contribution < 1.29 is 0 Å². The summed E-state index contributed by atoms with van der Waals surface area (Å²) in [5.74, 6) is 0. The summed E-state index contributed by atoms with van der Waals surface area (Å²) in [6.45, 7) is 3.28. The van der Waals surface area contributed by atoms with Gasteiger partial charge in [-0.05, 0) is 31.5 Å². The molecule has 18 heavy (non-hydrogen) atoms. The van der Waals surface area contributed by atoms with E-state index >= 15 is 0 Å². The number of thioether (sulfide) groups is 1. The van der Waals surface area contributed by atoms with Crippen LogP contribution in [-0.2, 0) is 0 Å². The summed E-state index contributed by atoms with van der Waals surface area (Å²) in [5, 5.41) is 5.53. The van der Waals surface area contributed by atoms with Crippen molar-refractivity contribution in [2.24, 2.45) is 0 Å². The van der Waals surface area contributed by atoms with Gasteiger partial charge in [-0.25, -0.2) is 4.98 Å². The lowest BCUT2D eigenvalue weighted by atomic mass is 9.96. The predicted molar refractivity (Wildman–Crippen MR) is 79.0 cm³/mol. The molecule has 1 aliphatic carbocycles. The van der Waals surface area contributed by atoms with E-state index in [-0.39, 0.29) is 0 Å². The van der Waals surface area contributed by atoms with Crippen LogP contribution in [0.25, 0.3) is 0 Å². The van der Waals surface area contributed by atoms with E-state index in [2.05, 4.69) is 29.4 Å². The molecule has 1 heterocycles. The molecule has 1 aromatic rings. The molecule has 0 aliphatic heterocycles. The Balaban J connectivity index is 1.99. The van der Waals surface area contributed by atoms with Crippen LogP contribution < -0.4 is 5.32 Å². The lowest BCUT2D eigenvalue weighted by Crippen LogP contribution is -2.38. The smallest absolute Gasteiger partial charge is 0.0963 e. The molecular weight excluding hydrogens is 240 g/mol. The van der Waals surface area contributed by atoms with E-state index in [4.69, 9.17) is 0 Å². The highest BCUT2D eigenvalue weighted by Crippen LogP contribution is 2.31. The molecule has 2 rings (SSSR count). The van der Waals surface area contributed by atoms with Gasteiger partial charge in [0.2, 0.25) is 0 Å². The molecule has 3 heteroatoms. The third-order valence-corrected chi connectivity index (χ3v) is 4.93. The fourth-order valence-electron chi connectivity index (χ4n) is 2.66. The molecule has 0 bridgehead atoms. The second kappa shape index (κ2) is 7.80. The van der Waals surface area contributed by atoms with Crippen LogP contribution in [0.2, 0.25) is 0 Å². The minimum absolute atomic E-state index is 0.655. The number of hydrogen-bond acceptors (Lipinski definition) is 3. The van der Waals surface area contributed by atoms with Crippen LogP contribution in [0.3, 0.4) is 0 Å². The molecule has 2 atom stereocenters. The Morgan fingerprint density at radius 1 is 1.22 bits per heavy atom. The lowest BCUT2D eigenvalue weighted by molar-refractivity contribution is 0.406. The van der Waals surface area contributed by atoms with Crippen LogP contribution in [0.15, 0.2) is 29.4 Å². The highest BCUT2D eigenvalue weighted by atomic mass is 32.2. The van der Waals surface area contributed by atoms with E-state index in [1.807, 2.05) is 24.0 Å². The van der Waals surface area contributed by atoms with Gasteiger partial charge < -0.3 is 5.32 Å². The first kappa shape index (κ1) is 13.9. The molecular formula is C15H24N2S. The fraction of sp³-hybridized carbons (Fsp3) is 0.667. The van der Waals surface area contributed by atoms with Gasteiger partial charge in [0.25, 0.3) is 0 Å². The summed E-state index contributed by atoms with van der Waals surface area (Å²) >= 11 is 1.96. The van der Waals surface area contributed by atoms with Gasteiger partial charge in [-0.2, -0.15) is 0 Å². The van der Waals surface area contributed by atoms with Crippen LogP contribution in [0.4, 0.5) is 0 Å². The first-order valence-electron chi connectivity index (χ1n) is 7.21. The summed E-state index contributed by atoms with van der Waals surface area (Å²) in [6, 6.07) is 6.86. The van der Waals surface area contributed by atoms with Crippen LogP contribution in [0.1, 0.15) is 45.4 Å². The van der Waals surface area contributed by atoms with E-state index in [0.717, 1.165) is 6.54 Å². The van der Waals surface area contributed by atoms with Crippen LogP contribution in [0, 0.1) is 0 Å². The molecule has 1 saturated carbocycles. The van der Waals surface area contributed by atoms with E-state index < -0.39 is 0 Å². The maximum absolute atomic E-state index is 4.46. The third kappa shape index (κ3) is 4.29. The summed E-state index contributed by atoms with van der Waals surface area (Å²) in [4.78, 5) is 4.46. The van der Waals surface area contributed by atoms with Crippen molar-refractivity contribution in [3.05, 3.63) is 24.4 Å². The lowest BCUT2D eigenvalue weighted by Gasteiger charge is -2.29. The van der Waals surface area contributed by atoms with Crippen LogP contribution >= 0.6 is 11.8 Å². The molecule has 0 saturated heterocycles. The zero-order valence-corrected chi connectivity index (χ0v) is 12.1. The molecule has 100 valence electrons. The van der Waals surface area contributed by atoms with Gasteiger partial charge in [0.15, 0.2) is 0 Å². The number of nitrogens with zero attached hydrogens (tertiary/aromatic N) is 1. The van der Waals surface area contributed by atoms with Crippen molar-refractivity contribution in [3.8, 4) is 0 Å². The monoisotopic (exact) mass is 264 g/mol. The van der Waals surface area contributed by atoms with Gasteiger partial charge >= 0.3 is 0 Å². The molecule has 2 unspecified atom stereocenters. The van der Waals surface area contributed by atoms with E-state index in [1.54, 1.807) is 0 Å². The SMILES string of the molecule is CCNC1CCCCCCC1Sc1ccccn1. The Labute approximate surface area is 115 Å². The second-order valence-electron chi connectivity index (χ2n) is 4.98. The molecule has 1 aromatic heterocycles. The Kier molecular flexibility index (Phi) is 6.01. The van der Waals surface area contributed by atoms with Crippen molar-refractivity contribution in [1.29, 1.82) is 0 Å². The minimum atomic E-state index is 0.655. The standard InChI is InChI=1S/C15H24N2S/c1-2-16-13-9-5-3-4-6-10-14(13)18-15-11-7-8-12-17-15/h7-8,11-14,16H,2-6,9-10H2,1H3. The predicted octanol–water partition coefficient (Wildman–Crippen LogP) is 3.87. The van der Waals surface area contributed by atoms with Gasteiger partial charge in [-0.3, -0.25) is 0 Å². The van der Waals surface area contributed by atoms with Crippen LogP contribution in [0.5, 0.6) is 0 Å². The maximum atomic E-state index is 4.46. The second-order valence-corrected chi connectivity index (χ2v) is 6.24. The molecule has 0 spiro atoms. The van der Waals surface area contributed by atoms with Crippen LogP contribution in [-0.4, -0.2) is 22.8 Å². The van der Waals surface area contributed by atoms with Crippen molar-refractivity contribution in [1.82, 2.24) is 10.3 Å². The summed E-state index contributed by atoms with van der Waals surface area (Å²) in [5.41, 5.74) is 0. The summed E-state index contributed by atoms with van der Waals surface area (Å²) < 4.78 is 0.